The number of hydrogen-bond donors (Lipinski definition) is 1. The molecule has 2 atom stereocenters. The van der Waals surface area contributed by atoms with Crippen LogP contribution in [0, 0.1) is 5.92 Å². The Bertz CT molecular complexity index is 499. The number of nitrogens with zero attached hydrogens (tertiary/aromatic N) is 1. The monoisotopic (exact) mass is 302 g/mol. The Hall–Kier alpha value is -1.39. The quantitative estimate of drug-likeness (QED) is 0.908. The van der Waals surface area contributed by atoms with Crippen molar-refractivity contribution < 1.29 is 9.53 Å². The van der Waals surface area contributed by atoms with Crippen LogP contribution in [0.4, 0.5) is 0 Å². The zero-order chi connectivity index (χ0) is 15.5. The van der Waals surface area contributed by atoms with Crippen molar-refractivity contribution in [2.75, 3.05) is 19.7 Å². The molecule has 1 heterocycles. The smallest absolute Gasteiger partial charge is 0.251 e. The first-order valence-corrected chi connectivity index (χ1v) is 8.37. The van der Waals surface area contributed by atoms with Gasteiger partial charge in [0.05, 0.1) is 12.6 Å². The molecule has 2 aliphatic rings. The predicted molar refractivity (Wildman–Crippen MR) is 86.5 cm³/mol. The van der Waals surface area contributed by atoms with Crippen molar-refractivity contribution >= 4 is 5.91 Å². The molecule has 3 rings (SSSR count). The maximum absolute atomic E-state index is 12.6. The van der Waals surface area contributed by atoms with Gasteiger partial charge >= 0.3 is 0 Å². The van der Waals surface area contributed by atoms with Gasteiger partial charge in [-0.1, -0.05) is 44.2 Å². The Labute approximate surface area is 132 Å². The third-order valence-electron chi connectivity index (χ3n) is 4.39. The lowest BCUT2D eigenvalue weighted by Crippen LogP contribution is -2.52. The SMILES string of the molecule is CC(C)CNC(=O)[C@@H]1OCCN(C2CC2)[C@H]1c1ccccc1. The third kappa shape index (κ3) is 3.50. The average Bonchev–Trinajstić information content (AvgIpc) is 3.37. The standard InChI is InChI=1S/C18H26N2O2/c1-13(2)12-19-18(21)17-16(14-6-4-3-5-7-14)20(10-11-22-17)15-8-9-15/h3-7,13,15-17H,8-12H2,1-2H3,(H,19,21)/t16-,17+/m0/s1. The zero-order valence-corrected chi connectivity index (χ0v) is 13.5. The maximum Gasteiger partial charge on any atom is 0.251 e. The molecule has 0 bridgehead atoms. The Morgan fingerprint density at radius 2 is 2.05 bits per heavy atom. The minimum Gasteiger partial charge on any atom is -0.365 e. The Kier molecular flexibility index (Phi) is 4.79. The molecule has 1 aromatic rings. The van der Waals surface area contributed by atoms with Crippen LogP contribution in [0.25, 0.3) is 0 Å². The normalized spacial score (nSPS) is 26.1. The number of nitrogens with one attached hydrogen (secondary N) is 1. The van der Waals surface area contributed by atoms with Crippen molar-refractivity contribution in [1.82, 2.24) is 10.2 Å². The van der Waals surface area contributed by atoms with Crippen molar-refractivity contribution in [3.8, 4) is 0 Å². The van der Waals surface area contributed by atoms with E-state index < -0.39 is 6.10 Å². The molecule has 1 aliphatic heterocycles. The fourth-order valence-corrected chi connectivity index (χ4v) is 3.15. The average molecular weight is 302 g/mol. The number of carbonyl (C=O) groups is 1. The van der Waals surface area contributed by atoms with Crippen LogP contribution >= 0.6 is 0 Å². The second-order valence-electron chi connectivity index (χ2n) is 6.75. The van der Waals surface area contributed by atoms with Crippen molar-refractivity contribution in [3.63, 3.8) is 0 Å². The molecule has 1 amide bonds. The van der Waals surface area contributed by atoms with E-state index in [1.54, 1.807) is 0 Å². The number of hydrogen-bond acceptors (Lipinski definition) is 3. The minimum atomic E-state index is -0.407. The molecule has 0 aromatic heterocycles. The second-order valence-corrected chi connectivity index (χ2v) is 6.75. The van der Waals surface area contributed by atoms with Gasteiger partial charge in [-0.3, -0.25) is 9.69 Å². The molecule has 120 valence electrons. The summed E-state index contributed by atoms with van der Waals surface area (Å²) in [4.78, 5) is 15.1. The summed E-state index contributed by atoms with van der Waals surface area (Å²) in [7, 11) is 0. The molecule has 1 aromatic carbocycles. The summed E-state index contributed by atoms with van der Waals surface area (Å²) in [6, 6.07) is 11.0. The van der Waals surface area contributed by atoms with E-state index in [0.29, 0.717) is 25.1 Å². The minimum absolute atomic E-state index is 0.0212. The lowest BCUT2D eigenvalue weighted by Gasteiger charge is -2.41. The van der Waals surface area contributed by atoms with Gasteiger partial charge < -0.3 is 10.1 Å². The second kappa shape index (κ2) is 6.80. The molecular weight excluding hydrogens is 276 g/mol. The fourth-order valence-electron chi connectivity index (χ4n) is 3.15. The van der Waals surface area contributed by atoms with Crippen LogP contribution in [0.2, 0.25) is 0 Å². The largest absolute Gasteiger partial charge is 0.365 e. The van der Waals surface area contributed by atoms with E-state index in [2.05, 4.69) is 36.2 Å². The van der Waals surface area contributed by atoms with Crippen LogP contribution < -0.4 is 5.32 Å². The first-order chi connectivity index (χ1) is 10.7. The highest BCUT2D eigenvalue weighted by Crippen LogP contribution is 2.38. The predicted octanol–water partition coefficient (Wildman–Crippen LogP) is 2.36. The molecule has 1 N–H and O–H groups in total. The van der Waals surface area contributed by atoms with E-state index in [1.165, 1.54) is 18.4 Å². The van der Waals surface area contributed by atoms with Gasteiger partial charge in [-0.05, 0) is 24.3 Å². The van der Waals surface area contributed by atoms with Crippen molar-refractivity contribution in [1.29, 1.82) is 0 Å². The summed E-state index contributed by atoms with van der Waals surface area (Å²) in [5.74, 6) is 0.468. The number of ether oxygens (including phenoxy) is 1. The Balaban J connectivity index is 1.80. The van der Waals surface area contributed by atoms with Gasteiger partial charge in [0.25, 0.3) is 5.91 Å². The van der Waals surface area contributed by atoms with Gasteiger partial charge in [0.2, 0.25) is 0 Å². The summed E-state index contributed by atoms with van der Waals surface area (Å²) in [5, 5.41) is 3.04. The van der Waals surface area contributed by atoms with Gasteiger partial charge in [-0.25, -0.2) is 0 Å². The number of benzene rings is 1. The van der Waals surface area contributed by atoms with Crippen LogP contribution in [0.15, 0.2) is 30.3 Å². The van der Waals surface area contributed by atoms with Gasteiger partial charge in [0.15, 0.2) is 6.10 Å². The lowest BCUT2D eigenvalue weighted by molar-refractivity contribution is -0.146. The molecule has 1 saturated carbocycles. The van der Waals surface area contributed by atoms with E-state index in [0.717, 1.165) is 6.54 Å². The summed E-state index contributed by atoms with van der Waals surface area (Å²) in [5.41, 5.74) is 1.18. The number of amides is 1. The van der Waals surface area contributed by atoms with Crippen LogP contribution in [-0.2, 0) is 9.53 Å². The number of rotatable bonds is 5. The van der Waals surface area contributed by atoms with Crippen LogP contribution in [0.5, 0.6) is 0 Å². The molecule has 2 fully saturated rings. The van der Waals surface area contributed by atoms with Gasteiger partial charge in [0, 0.05) is 19.1 Å². The van der Waals surface area contributed by atoms with Crippen LogP contribution in [-0.4, -0.2) is 42.6 Å². The highest BCUT2D eigenvalue weighted by molar-refractivity contribution is 5.82. The summed E-state index contributed by atoms with van der Waals surface area (Å²) >= 11 is 0. The van der Waals surface area contributed by atoms with E-state index in [9.17, 15) is 4.79 Å². The molecule has 0 spiro atoms. The highest BCUT2D eigenvalue weighted by atomic mass is 16.5. The van der Waals surface area contributed by atoms with Crippen molar-refractivity contribution in [2.45, 2.75) is 44.9 Å². The summed E-state index contributed by atoms with van der Waals surface area (Å²) in [6.45, 7) is 6.46. The van der Waals surface area contributed by atoms with Crippen LogP contribution in [0.3, 0.4) is 0 Å². The third-order valence-corrected chi connectivity index (χ3v) is 4.39. The molecular formula is C18H26N2O2. The highest BCUT2D eigenvalue weighted by Gasteiger charge is 2.43. The Morgan fingerprint density at radius 3 is 2.68 bits per heavy atom. The molecule has 1 aliphatic carbocycles. The molecule has 0 radical (unpaired) electrons. The summed E-state index contributed by atoms with van der Waals surface area (Å²) < 4.78 is 5.89. The molecule has 1 saturated heterocycles. The molecule has 22 heavy (non-hydrogen) atoms. The lowest BCUT2D eigenvalue weighted by atomic mass is 9.97. The molecule has 4 nitrogen and oxygen atoms in total. The van der Waals surface area contributed by atoms with Gasteiger partial charge in [-0.2, -0.15) is 0 Å². The molecule has 4 heteroatoms. The first-order valence-electron chi connectivity index (χ1n) is 8.37. The summed E-state index contributed by atoms with van der Waals surface area (Å²) in [6.07, 6.45) is 2.07. The van der Waals surface area contributed by atoms with E-state index in [1.807, 2.05) is 18.2 Å². The fraction of sp³-hybridized carbons (Fsp3) is 0.611. The molecule has 0 unspecified atom stereocenters. The van der Waals surface area contributed by atoms with Gasteiger partial charge in [0.1, 0.15) is 0 Å². The van der Waals surface area contributed by atoms with Gasteiger partial charge in [-0.15, -0.1) is 0 Å². The first kappa shape index (κ1) is 15.5. The van der Waals surface area contributed by atoms with Crippen molar-refractivity contribution in [2.24, 2.45) is 5.92 Å². The van der Waals surface area contributed by atoms with E-state index in [-0.39, 0.29) is 11.9 Å². The van der Waals surface area contributed by atoms with E-state index >= 15 is 0 Å². The number of carbonyl (C=O) groups excluding carboxylic acids is 1. The van der Waals surface area contributed by atoms with Crippen molar-refractivity contribution in [3.05, 3.63) is 35.9 Å². The zero-order valence-electron chi connectivity index (χ0n) is 13.5. The Morgan fingerprint density at radius 1 is 1.32 bits per heavy atom. The van der Waals surface area contributed by atoms with Crippen LogP contribution in [0.1, 0.15) is 38.3 Å². The topological polar surface area (TPSA) is 41.6 Å². The number of morpholine rings is 1. The van der Waals surface area contributed by atoms with E-state index in [4.69, 9.17) is 4.74 Å². The maximum atomic E-state index is 12.6.